The highest BCUT2D eigenvalue weighted by molar-refractivity contribution is 5.83. The van der Waals surface area contributed by atoms with Crippen LogP contribution >= 0.6 is 0 Å². The summed E-state index contributed by atoms with van der Waals surface area (Å²) in [5, 5.41) is 12.1. The monoisotopic (exact) mass is 361 g/mol. The molecule has 26 heavy (non-hydrogen) atoms. The molecule has 1 amide bonds. The van der Waals surface area contributed by atoms with E-state index in [4.69, 9.17) is 9.47 Å². The number of aromatic nitrogens is 2. The van der Waals surface area contributed by atoms with E-state index >= 15 is 0 Å². The average Bonchev–Trinajstić information content (AvgIpc) is 2.96. The van der Waals surface area contributed by atoms with Gasteiger partial charge in [0.15, 0.2) is 5.82 Å². The van der Waals surface area contributed by atoms with Crippen molar-refractivity contribution < 1.29 is 14.3 Å². The van der Waals surface area contributed by atoms with Gasteiger partial charge in [0.1, 0.15) is 6.04 Å². The molecule has 2 atom stereocenters. The SMILES string of the molecule is C[C@H]1OCCN[C@@H]1C(=O)N1CCc2nnc(N3CCCOCC3)cc2C1. The Labute approximate surface area is 153 Å². The normalized spacial score (nSPS) is 27.0. The van der Waals surface area contributed by atoms with Crippen LogP contribution in [0.25, 0.3) is 0 Å². The van der Waals surface area contributed by atoms with Crippen LogP contribution in [-0.4, -0.2) is 79.1 Å². The van der Waals surface area contributed by atoms with Gasteiger partial charge in [-0.1, -0.05) is 0 Å². The third kappa shape index (κ3) is 3.67. The van der Waals surface area contributed by atoms with Crippen molar-refractivity contribution in [2.24, 2.45) is 0 Å². The largest absolute Gasteiger partial charge is 0.380 e. The van der Waals surface area contributed by atoms with Crippen molar-refractivity contribution in [3.05, 3.63) is 17.3 Å². The lowest BCUT2D eigenvalue weighted by Gasteiger charge is -2.36. The van der Waals surface area contributed by atoms with E-state index in [2.05, 4.69) is 26.5 Å². The number of nitrogens with zero attached hydrogens (tertiary/aromatic N) is 4. The van der Waals surface area contributed by atoms with Gasteiger partial charge in [-0.3, -0.25) is 4.79 Å². The summed E-state index contributed by atoms with van der Waals surface area (Å²) in [5.41, 5.74) is 2.11. The van der Waals surface area contributed by atoms with Gasteiger partial charge in [-0.25, -0.2) is 0 Å². The number of hydrogen-bond donors (Lipinski definition) is 1. The van der Waals surface area contributed by atoms with Gasteiger partial charge in [0.05, 0.1) is 25.0 Å². The maximum atomic E-state index is 12.9. The molecular weight excluding hydrogens is 334 g/mol. The molecule has 0 saturated carbocycles. The number of carbonyl (C=O) groups excluding carboxylic acids is 1. The third-order valence-corrected chi connectivity index (χ3v) is 5.37. The highest BCUT2D eigenvalue weighted by atomic mass is 16.5. The first-order chi connectivity index (χ1) is 12.7. The standard InChI is InChI=1S/C18H27N5O3/c1-13-17(19-4-9-26-13)18(24)23-6-3-15-14(12-23)11-16(21-20-15)22-5-2-8-25-10-7-22/h11,13,17,19H,2-10,12H2,1H3/t13-,17+/m1/s1. The van der Waals surface area contributed by atoms with Gasteiger partial charge in [-0.2, -0.15) is 5.10 Å². The summed E-state index contributed by atoms with van der Waals surface area (Å²) in [7, 11) is 0. The molecule has 0 aromatic carbocycles. The second-order valence-electron chi connectivity index (χ2n) is 7.14. The van der Waals surface area contributed by atoms with Crippen molar-refractivity contribution in [1.82, 2.24) is 20.4 Å². The number of morpholine rings is 1. The quantitative estimate of drug-likeness (QED) is 0.792. The number of rotatable bonds is 2. The van der Waals surface area contributed by atoms with E-state index in [1.54, 1.807) is 0 Å². The fourth-order valence-electron chi connectivity index (χ4n) is 3.84. The van der Waals surface area contributed by atoms with E-state index in [-0.39, 0.29) is 18.1 Å². The Morgan fingerprint density at radius 1 is 1.23 bits per heavy atom. The molecule has 0 unspecified atom stereocenters. The molecule has 142 valence electrons. The van der Waals surface area contributed by atoms with Gasteiger partial charge in [0.2, 0.25) is 5.91 Å². The molecule has 8 heteroatoms. The number of hydrogen-bond acceptors (Lipinski definition) is 7. The molecule has 1 N–H and O–H groups in total. The first-order valence-electron chi connectivity index (χ1n) is 9.54. The Morgan fingerprint density at radius 3 is 3.04 bits per heavy atom. The van der Waals surface area contributed by atoms with Crippen LogP contribution in [0.2, 0.25) is 0 Å². The minimum atomic E-state index is -0.262. The zero-order valence-corrected chi connectivity index (χ0v) is 15.3. The molecule has 3 aliphatic heterocycles. The van der Waals surface area contributed by atoms with E-state index in [1.807, 2.05) is 11.8 Å². The summed E-state index contributed by atoms with van der Waals surface area (Å²) in [6.07, 6.45) is 1.65. The van der Waals surface area contributed by atoms with Crippen LogP contribution in [0.3, 0.4) is 0 Å². The van der Waals surface area contributed by atoms with Gasteiger partial charge >= 0.3 is 0 Å². The molecule has 2 fully saturated rings. The van der Waals surface area contributed by atoms with Crippen LogP contribution in [0.5, 0.6) is 0 Å². The lowest BCUT2D eigenvalue weighted by Crippen LogP contribution is -2.57. The van der Waals surface area contributed by atoms with E-state index < -0.39 is 0 Å². The molecule has 0 radical (unpaired) electrons. The van der Waals surface area contributed by atoms with Gasteiger partial charge in [0.25, 0.3) is 0 Å². The van der Waals surface area contributed by atoms with Gasteiger partial charge in [0, 0.05) is 45.8 Å². The Morgan fingerprint density at radius 2 is 2.15 bits per heavy atom. The maximum Gasteiger partial charge on any atom is 0.242 e. The molecule has 0 aliphatic carbocycles. The van der Waals surface area contributed by atoms with Gasteiger partial charge in [-0.05, 0) is 25.0 Å². The minimum absolute atomic E-state index is 0.0964. The third-order valence-electron chi connectivity index (χ3n) is 5.37. The maximum absolute atomic E-state index is 12.9. The molecule has 8 nitrogen and oxygen atoms in total. The summed E-state index contributed by atoms with van der Waals surface area (Å²) in [6, 6.07) is 1.84. The molecule has 0 spiro atoms. The zero-order valence-electron chi connectivity index (χ0n) is 15.3. The van der Waals surface area contributed by atoms with Crippen molar-refractivity contribution in [1.29, 1.82) is 0 Å². The molecule has 4 heterocycles. The topological polar surface area (TPSA) is 79.8 Å². The zero-order chi connectivity index (χ0) is 17.9. The summed E-state index contributed by atoms with van der Waals surface area (Å²) in [4.78, 5) is 17.1. The van der Waals surface area contributed by atoms with Crippen LogP contribution in [-0.2, 0) is 27.2 Å². The molecule has 0 bridgehead atoms. The predicted molar refractivity (Wildman–Crippen MR) is 96.0 cm³/mol. The predicted octanol–water partition coefficient (Wildman–Crippen LogP) is -0.0351. The van der Waals surface area contributed by atoms with E-state index in [1.165, 1.54) is 0 Å². The van der Waals surface area contributed by atoms with Crippen LogP contribution in [0.15, 0.2) is 6.07 Å². The first-order valence-corrected chi connectivity index (χ1v) is 9.54. The van der Waals surface area contributed by atoms with Crippen molar-refractivity contribution >= 4 is 11.7 Å². The molecule has 1 aromatic heterocycles. The van der Waals surface area contributed by atoms with Crippen molar-refractivity contribution in [2.75, 3.05) is 50.9 Å². The Balaban J connectivity index is 1.48. The molecule has 1 aromatic rings. The smallest absolute Gasteiger partial charge is 0.242 e. The summed E-state index contributed by atoms with van der Waals surface area (Å²) >= 11 is 0. The fraction of sp³-hybridized carbons (Fsp3) is 0.722. The lowest BCUT2D eigenvalue weighted by molar-refractivity contribution is -0.140. The van der Waals surface area contributed by atoms with Crippen LogP contribution in [0.1, 0.15) is 24.6 Å². The Hall–Kier alpha value is -1.77. The number of anilines is 1. The molecular formula is C18H27N5O3. The van der Waals surface area contributed by atoms with Gasteiger partial charge < -0.3 is 24.6 Å². The highest BCUT2D eigenvalue weighted by Crippen LogP contribution is 2.22. The number of ether oxygens (including phenoxy) is 2. The second-order valence-corrected chi connectivity index (χ2v) is 7.14. The van der Waals surface area contributed by atoms with Crippen molar-refractivity contribution in [2.45, 2.75) is 38.5 Å². The minimum Gasteiger partial charge on any atom is -0.380 e. The fourth-order valence-corrected chi connectivity index (χ4v) is 3.84. The van der Waals surface area contributed by atoms with Gasteiger partial charge in [-0.15, -0.1) is 5.10 Å². The van der Waals surface area contributed by atoms with E-state index in [0.29, 0.717) is 26.3 Å². The lowest BCUT2D eigenvalue weighted by atomic mass is 10.0. The number of amides is 1. The molecule has 2 saturated heterocycles. The van der Waals surface area contributed by atoms with Crippen molar-refractivity contribution in [3.63, 3.8) is 0 Å². The molecule has 4 rings (SSSR count). The summed E-state index contributed by atoms with van der Waals surface area (Å²) in [6.45, 7) is 7.88. The highest BCUT2D eigenvalue weighted by Gasteiger charge is 2.33. The molecule has 3 aliphatic rings. The van der Waals surface area contributed by atoms with Crippen LogP contribution < -0.4 is 10.2 Å². The Kier molecular flexibility index (Phi) is 5.33. The van der Waals surface area contributed by atoms with Crippen LogP contribution in [0, 0.1) is 0 Å². The van der Waals surface area contributed by atoms with E-state index in [9.17, 15) is 4.79 Å². The average molecular weight is 361 g/mol. The van der Waals surface area contributed by atoms with Crippen LogP contribution in [0.4, 0.5) is 5.82 Å². The first kappa shape index (κ1) is 17.6. The van der Waals surface area contributed by atoms with E-state index in [0.717, 1.165) is 56.2 Å². The number of carbonyl (C=O) groups is 1. The van der Waals surface area contributed by atoms with Crippen molar-refractivity contribution in [3.8, 4) is 0 Å². The number of nitrogens with one attached hydrogen (secondary N) is 1. The Bertz CT molecular complexity index is 648. The summed E-state index contributed by atoms with van der Waals surface area (Å²) in [5.74, 6) is 1.00. The number of fused-ring (bicyclic) bond motifs is 1. The second kappa shape index (κ2) is 7.85. The summed E-state index contributed by atoms with van der Waals surface area (Å²) < 4.78 is 11.2.